The van der Waals surface area contributed by atoms with Crippen LogP contribution >= 0.6 is 11.3 Å². The van der Waals surface area contributed by atoms with Gasteiger partial charge in [-0.2, -0.15) is 4.68 Å². The third-order valence-corrected chi connectivity index (χ3v) is 5.14. The maximum Gasteiger partial charge on any atom is 0.278 e. The molecule has 0 bridgehead atoms. The van der Waals surface area contributed by atoms with Gasteiger partial charge in [0, 0.05) is 10.9 Å². The van der Waals surface area contributed by atoms with Crippen molar-refractivity contribution in [2.24, 2.45) is 0 Å². The predicted molar refractivity (Wildman–Crippen MR) is 109 cm³/mol. The highest BCUT2D eigenvalue weighted by Gasteiger charge is 2.23. The lowest BCUT2D eigenvalue weighted by Gasteiger charge is -2.15. The van der Waals surface area contributed by atoms with Gasteiger partial charge < -0.3 is 5.32 Å². The van der Waals surface area contributed by atoms with Gasteiger partial charge in [-0.15, -0.1) is 16.4 Å². The number of fused-ring (bicyclic) bond motifs is 1. The molecule has 1 N–H and O–H groups in total. The molecular weight excluding hydrogens is 374 g/mol. The first-order valence-electron chi connectivity index (χ1n) is 8.83. The largest absolute Gasteiger partial charge is 0.300 e. The molecule has 0 saturated heterocycles. The average Bonchev–Trinajstić information content (AvgIpc) is 3.19. The van der Waals surface area contributed by atoms with Gasteiger partial charge in [-0.1, -0.05) is 54.6 Å². The van der Waals surface area contributed by atoms with Crippen LogP contribution in [0.1, 0.15) is 19.4 Å². The highest BCUT2D eigenvalue weighted by molar-refractivity contribution is 7.14. The van der Waals surface area contributed by atoms with Gasteiger partial charge in [-0.3, -0.25) is 9.59 Å². The normalized spacial score (nSPS) is 12.0. The lowest BCUT2D eigenvalue weighted by Crippen LogP contribution is -2.35. The third-order valence-electron chi connectivity index (χ3n) is 4.38. The van der Waals surface area contributed by atoms with Crippen molar-refractivity contribution in [1.82, 2.24) is 20.0 Å². The van der Waals surface area contributed by atoms with E-state index in [1.807, 2.05) is 42.6 Å². The SMILES string of the molecule is CCC(C(=O)Nc1nc(-c2ccccc2)cs1)n1nnc2ccccc2c1=O. The zero-order chi connectivity index (χ0) is 19.5. The number of carbonyl (C=O) groups excluding carboxylic acids is 1. The Balaban J connectivity index is 1.60. The second kappa shape index (κ2) is 7.69. The Morgan fingerprint density at radius 2 is 1.89 bits per heavy atom. The summed E-state index contributed by atoms with van der Waals surface area (Å²) >= 11 is 1.34. The number of hydrogen-bond acceptors (Lipinski definition) is 6. The Bertz CT molecular complexity index is 1190. The van der Waals surface area contributed by atoms with E-state index in [1.54, 1.807) is 24.3 Å². The number of carbonyl (C=O) groups is 1. The summed E-state index contributed by atoms with van der Waals surface area (Å²) in [6.45, 7) is 1.82. The van der Waals surface area contributed by atoms with Crippen LogP contribution in [0.2, 0.25) is 0 Å². The summed E-state index contributed by atoms with van der Waals surface area (Å²) < 4.78 is 1.14. The van der Waals surface area contributed by atoms with E-state index in [-0.39, 0.29) is 11.5 Å². The molecule has 4 aromatic rings. The maximum atomic E-state index is 12.8. The first kappa shape index (κ1) is 18.0. The molecule has 0 aliphatic heterocycles. The second-order valence-electron chi connectivity index (χ2n) is 6.17. The van der Waals surface area contributed by atoms with Crippen LogP contribution in [0.4, 0.5) is 5.13 Å². The van der Waals surface area contributed by atoms with Crippen LogP contribution < -0.4 is 10.9 Å². The molecule has 0 aliphatic carbocycles. The van der Waals surface area contributed by atoms with Crippen molar-refractivity contribution in [3.8, 4) is 11.3 Å². The summed E-state index contributed by atoms with van der Waals surface area (Å²) in [5.74, 6) is -0.344. The van der Waals surface area contributed by atoms with Crippen molar-refractivity contribution in [3.05, 3.63) is 70.3 Å². The minimum atomic E-state index is -0.770. The van der Waals surface area contributed by atoms with Crippen molar-refractivity contribution < 1.29 is 4.79 Å². The van der Waals surface area contributed by atoms with Crippen LogP contribution in [0.5, 0.6) is 0 Å². The molecular formula is C20H17N5O2S. The summed E-state index contributed by atoms with van der Waals surface area (Å²) in [6.07, 6.45) is 0.398. The Hall–Kier alpha value is -3.39. The van der Waals surface area contributed by atoms with Crippen LogP contribution in [-0.4, -0.2) is 25.9 Å². The number of nitrogens with zero attached hydrogens (tertiary/aromatic N) is 4. The minimum Gasteiger partial charge on any atom is -0.300 e. The predicted octanol–water partition coefficient (Wildman–Crippen LogP) is 3.50. The van der Waals surface area contributed by atoms with E-state index in [9.17, 15) is 9.59 Å². The molecule has 7 nitrogen and oxygen atoms in total. The highest BCUT2D eigenvalue weighted by Crippen LogP contribution is 2.25. The van der Waals surface area contributed by atoms with Gasteiger partial charge in [0.1, 0.15) is 11.6 Å². The van der Waals surface area contributed by atoms with Crippen molar-refractivity contribution in [1.29, 1.82) is 0 Å². The highest BCUT2D eigenvalue weighted by atomic mass is 32.1. The van der Waals surface area contributed by atoms with Crippen molar-refractivity contribution >= 4 is 33.3 Å². The van der Waals surface area contributed by atoms with Crippen LogP contribution in [-0.2, 0) is 4.79 Å². The molecule has 1 unspecified atom stereocenters. The molecule has 2 heterocycles. The van der Waals surface area contributed by atoms with Gasteiger partial charge in [-0.05, 0) is 18.6 Å². The van der Waals surface area contributed by atoms with Gasteiger partial charge in [0.2, 0.25) is 0 Å². The lowest BCUT2D eigenvalue weighted by atomic mass is 10.2. The summed E-state index contributed by atoms with van der Waals surface area (Å²) in [5.41, 5.74) is 1.93. The second-order valence-corrected chi connectivity index (χ2v) is 7.03. The van der Waals surface area contributed by atoms with Crippen LogP contribution in [0.15, 0.2) is 64.8 Å². The molecule has 1 atom stereocenters. The molecule has 0 saturated carbocycles. The van der Waals surface area contributed by atoms with Gasteiger partial charge in [-0.25, -0.2) is 4.98 Å². The van der Waals surface area contributed by atoms with E-state index in [1.165, 1.54) is 11.3 Å². The number of thiazole rings is 1. The molecule has 2 aromatic heterocycles. The molecule has 0 fully saturated rings. The maximum absolute atomic E-state index is 12.8. The zero-order valence-corrected chi connectivity index (χ0v) is 15.9. The number of hydrogen-bond donors (Lipinski definition) is 1. The summed E-state index contributed by atoms with van der Waals surface area (Å²) in [5, 5.41) is 13.6. The van der Waals surface area contributed by atoms with Crippen LogP contribution in [0.25, 0.3) is 22.2 Å². The van der Waals surface area contributed by atoms with Crippen molar-refractivity contribution in [2.45, 2.75) is 19.4 Å². The summed E-state index contributed by atoms with van der Waals surface area (Å²) in [4.78, 5) is 30.0. The fourth-order valence-corrected chi connectivity index (χ4v) is 3.66. The van der Waals surface area contributed by atoms with Gasteiger partial charge in [0.05, 0.1) is 11.1 Å². The zero-order valence-electron chi connectivity index (χ0n) is 15.1. The van der Waals surface area contributed by atoms with E-state index in [0.717, 1.165) is 15.9 Å². The van der Waals surface area contributed by atoms with Gasteiger partial charge in [0.25, 0.3) is 11.5 Å². The fourth-order valence-electron chi connectivity index (χ4n) is 2.94. The van der Waals surface area contributed by atoms with Crippen molar-refractivity contribution in [3.63, 3.8) is 0 Å². The standard InChI is InChI=1S/C20H17N5O2S/c1-2-17(25-19(27)14-10-6-7-11-15(14)23-24-25)18(26)22-20-21-16(12-28-20)13-8-4-3-5-9-13/h3-12,17H,2H2,1H3,(H,21,22,26). The molecule has 1 amide bonds. The Morgan fingerprint density at radius 1 is 1.14 bits per heavy atom. The molecule has 2 aromatic carbocycles. The first-order chi connectivity index (χ1) is 13.7. The number of rotatable bonds is 5. The molecule has 28 heavy (non-hydrogen) atoms. The molecule has 140 valence electrons. The molecule has 0 aliphatic rings. The number of anilines is 1. The summed E-state index contributed by atoms with van der Waals surface area (Å²) in [6, 6.07) is 15.9. The monoisotopic (exact) mass is 391 g/mol. The number of amides is 1. The number of benzene rings is 2. The van der Waals surface area contributed by atoms with E-state index < -0.39 is 6.04 Å². The van der Waals surface area contributed by atoms with E-state index in [2.05, 4.69) is 20.6 Å². The smallest absolute Gasteiger partial charge is 0.278 e. The lowest BCUT2D eigenvalue weighted by molar-refractivity contribution is -0.119. The van der Waals surface area contributed by atoms with E-state index >= 15 is 0 Å². The fraction of sp³-hybridized carbons (Fsp3) is 0.150. The summed E-state index contributed by atoms with van der Waals surface area (Å²) in [7, 11) is 0. The quantitative estimate of drug-likeness (QED) is 0.562. The molecule has 4 rings (SSSR count). The number of nitrogens with one attached hydrogen (secondary N) is 1. The average molecular weight is 391 g/mol. The third kappa shape index (κ3) is 3.41. The molecule has 0 radical (unpaired) electrons. The minimum absolute atomic E-state index is 0.336. The van der Waals surface area contributed by atoms with Crippen molar-refractivity contribution in [2.75, 3.05) is 5.32 Å². The molecule has 8 heteroatoms. The van der Waals surface area contributed by atoms with Gasteiger partial charge in [0.15, 0.2) is 5.13 Å². The Kier molecular flexibility index (Phi) is 4.94. The molecule has 0 spiro atoms. The topological polar surface area (TPSA) is 89.8 Å². The van der Waals surface area contributed by atoms with Gasteiger partial charge >= 0.3 is 0 Å². The Morgan fingerprint density at radius 3 is 2.68 bits per heavy atom. The van der Waals surface area contributed by atoms with E-state index in [4.69, 9.17) is 0 Å². The first-order valence-corrected chi connectivity index (χ1v) is 9.71. The van der Waals surface area contributed by atoms with Crippen LogP contribution in [0, 0.1) is 0 Å². The Labute approximate surface area is 164 Å². The van der Waals surface area contributed by atoms with E-state index in [0.29, 0.717) is 22.5 Å². The number of aromatic nitrogens is 4. The van der Waals surface area contributed by atoms with Crippen LogP contribution in [0.3, 0.4) is 0 Å².